The van der Waals surface area contributed by atoms with Gasteiger partial charge in [-0.1, -0.05) is 19.3 Å². The van der Waals surface area contributed by atoms with Gasteiger partial charge in [0.2, 0.25) is 0 Å². The van der Waals surface area contributed by atoms with E-state index in [0.717, 1.165) is 24.8 Å². The number of hydrogen-bond donors (Lipinski definition) is 2. The number of fused-ring (bicyclic) bond motifs is 1. The molecule has 0 spiro atoms. The first-order valence-electron chi connectivity index (χ1n) is 8.26. The lowest BCUT2D eigenvalue weighted by Gasteiger charge is -2.44. The molecular formula is C16H32N2O. The van der Waals surface area contributed by atoms with Crippen LogP contribution in [0, 0.1) is 5.92 Å². The lowest BCUT2D eigenvalue weighted by molar-refractivity contribution is 0.0589. The quantitative estimate of drug-likeness (QED) is 0.728. The molecule has 3 N–H and O–H groups in total. The van der Waals surface area contributed by atoms with Crippen molar-refractivity contribution < 1.29 is 5.11 Å². The summed E-state index contributed by atoms with van der Waals surface area (Å²) in [6.07, 6.45) is 11.9. The van der Waals surface area contributed by atoms with Gasteiger partial charge in [-0.2, -0.15) is 0 Å². The highest BCUT2D eigenvalue weighted by molar-refractivity contribution is 4.87. The van der Waals surface area contributed by atoms with E-state index in [0.29, 0.717) is 0 Å². The number of unbranched alkanes of at least 4 members (excludes halogenated alkanes) is 1. The number of aliphatic hydroxyl groups is 1. The summed E-state index contributed by atoms with van der Waals surface area (Å²) < 4.78 is 0. The lowest BCUT2D eigenvalue weighted by Crippen LogP contribution is -2.47. The topological polar surface area (TPSA) is 49.5 Å². The Bertz CT molecular complexity index is 265. The van der Waals surface area contributed by atoms with Crippen molar-refractivity contribution >= 4 is 0 Å². The number of nitrogens with zero attached hydrogens (tertiary/aromatic N) is 1. The molecule has 1 aliphatic carbocycles. The van der Waals surface area contributed by atoms with Gasteiger partial charge < -0.3 is 15.7 Å². The second-order valence-corrected chi connectivity index (χ2v) is 7.06. The molecule has 0 aromatic heterocycles. The summed E-state index contributed by atoms with van der Waals surface area (Å²) in [4.78, 5) is 2.75. The Morgan fingerprint density at radius 3 is 2.68 bits per heavy atom. The zero-order chi connectivity index (χ0) is 13.7. The van der Waals surface area contributed by atoms with Crippen LogP contribution in [0.1, 0.15) is 64.7 Å². The molecule has 3 nitrogen and oxygen atoms in total. The summed E-state index contributed by atoms with van der Waals surface area (Å²) in [5.74, 6) is 0.986. The number of likely N-dealkylation sites (tertiary alicyclic amines) is 1. The first kappa shape index (κ1) is 15.3. The minimum absolute atomic E-state index is 0.0986. The molecule has 0 bridgehead atoms. The number of piperidine rings is 1. The molecule has 0 amide bonds. The number of rotatable bonds is 6. The van der Waals surface area contributed by atoms with Gasteiger partial charge in [-0.15, -0.1) is 0 Å². The smallest absolute Gasteiger partial charge is 0.0608 e. The van der Waals surface area contributed by atoms with Crippen molar-refractivity contribution in [3.05, 3.63) is 0 Å². The van der Waals surface area contributed by atoms with Gasteiger partial charge in [-0.3, -0.25) is 0 Å². The van der Waals surface area contributed by atoms with Crippen LogP contribution < -0.4 is 5.73 Å². The van der Waals surface area contributed by atoms with Crippen LogP contribution in [-0.4, -0.2) is 41.3 Å². The maximum atomic E-state index is 9.16. The number of nitrogens with two attached hydrogens (primary N) is 1. The van der Waals surface area contributed by atoms with Crippen molar-refractivity contribution in [1.29, 1.82) is 0 Å². The van der Waals surface area contributed by atoms with Crippen LogP contribution in [0.2, 0.25) is 0 Å². The van der Waals surface area contributed by atoms with Gasteiger partial charge in [-0.25, -0.2) is 0 Å². The van der Waals surface area contributed by atoms with Gasteiger partial charge >= 0.3 is 0 Å². The Labute approximate surface area is 118 Å². The monoisotopic (exact) mass is 268 g/mol. The number of aliphatic hydroxyl groups excluding tert-OH is 1. The minimum atomic E-state index is -0.380. The lowest BCUT2D eigenvalue weighted by atomic mass is 9.78. The van der Waals surface area contributed by atoms with E-state index < -0.39 is 0 Å². The molecule has 0 aromatic rings. The van der Waals surface area contributed by atoms with Crippen molar-refractivity contribution in [3.8, 4) is 0 Å². The molecule has 0 radical (unpaired) electrons. The molecule has 2 aliphatic rings. The molecule has 0 aromatic carbocycles. The maximum absolute atomic E-state index is 9.16. The van der Waals surface area contributed by atoms with Crippen molar-refractivity contribution in [2.45, 2.75) is 76.3 Å². The summed E-state index contributed by atoms with van der Waals surface area (Å²) in [5, 5.41) is 9.16. The van der Waals surface area contributed by atoms with Crippen LogP contribution in [0.5, 0.6) is 0 Å². The molecule has 1 saturated carbocycles. The van der Waals surface area contributed by atoms with Crippen molar-refractivity contribution in [2.24, 2.45) is 11.7 Å². The van der Waals surface area contributed by atoms with Crippen molar-refractivity contribution in [2.75, 3.05) is 19.7 Å². The fourth-order valence-corrected chi connectivity index (χ4v) is 3.93. The van der Waals surface area contributed by atoms with E-state index in [1.54, 1.807) is 0 Å². The maximum Gasteiger partial charge on any atom is 0.0608 e. The van der Waals surface area contributed by atoms with Crippen LogP contribution in [0.15, 0.2) is 0 Å². The molecular weight excluding hydrogens is 236 g/mol. The average molecular weight is 268 g/mol. The van der Waals surface area contributed by atoms with E-state index in [1.807, 2.05) is 6.92 Å². The van der Waals surface area contributed by atoms with Crippen molar-refractivity contribution in [3.63, 3.8) is 0 Å². The third kappa shape index (κ3) is 4.44. The first-order valence-corrected chi connectivity index (χ1v) is 8.26. The largest absolute Gasteiger partial charge is 0.394 e. The van der Waals surface area contributed by atoms with Crippen LogP contribution in [0.25, 0.3) is 0 Å². The summed E-state index contributed by atoms with van der Waals surface area (Å²) in [5.41, 5.74) is 5.60. The zero-order valence-corrected chi connectivity index (χ0v) is 12.6. The third-order valence-electron chi connectivity index (χ3n) is 5.16. The molecule has 112 valence electrons. The molecule has 1 saturated heterocycles. The standard InChI is InChI=1S/C16H32N2O/c1-16(17,13-19)10-4-5-11-18-12-6-8-14-7-2-3-9-15(14)18/h14-15,19H,2-13,17H2,1H3. The van der Waals surface area contributed by atoms with E-state index >= 15 is 0 Å². The van der Waals surface area contributed by atoms with E-state index in [9.17, 15) is 0 Å². The molecule has 2 fully saturated rings. The highest BCUT2D eigenvalue weighted by Gasteiger charge is 2.32. The summed E-state index contributed by atoms with van der Waals surface area (Å²) in [6.45, 7) is 4.59. The summed E-state index contributed by atoms with van der Waals surface area (Å²) in [6, 6.07) is 0.879. The molecule has 1 heterocycles. The van der Waals surface area contributed by atoms with E-state index in [4.69, 9.17) is 10.8 Å². The fourth-order valence-electron chi connectivity index (χ4n) is 3.93. The van der Waals surface area contributed by atoms with Gasteiger partial charge in [0.15, 0.2) is 0 Å². The molecule has 1 aliphatic heterocycles. The van der Waals surface area contributed by atoms with Gasteiger partial charge in [0.25, 0.3) is 0 Å². The second kappa shape index (κ2) is 7.05. The molecule has 19 heavy (non-hydrogen) atoms. The first-order chi connectivity index (χ1) is 9.12. The van der Waals surface area contributed by atoms with Gasteiger partial charge in [0.05, 0.1) is 6.61 Å². The predicted octanol–water partition coefficient (Wildman–Crippen LogP) is 2.52. The van der Waals surface area contributed by atoms with Crippen molar-refractivity contribution in [1.82, 2.24) is 4.90 Å². The fraction of sp³-hybridized carbons (Fsp3) is 1.00. The SMILES string of the molecule is CC(N)(CO)CCCCN1CCCC2CCCCC21. The normalized spacial score (nSPS) is 31.7. The highest BCUT2D eigenvalue weighted by atomic mass is 16.3. The van der Waals surface area contributed by atoms with Gasteiger partial charge in [-0.05, 0) is 64.5 Å². The van der Waals surface area contributed by atoms with Crippen LogP contribution in [0.4, 0.5) is 0 Å². The molecule has 3 unspecified atom stereocenters. The minimum Gasteiger partial charge on any atom is -0.394 e. The highest BCUT2D eigenvalue weighted by Crippen LogP contribution is 2.35. The Balaban J connectivity index is 1.70. The molecule has 3 atom stereocenters. The Morgan fingerprint density at radius 2 is 1.89 bits per heavy atom. The number of hydrogen-bond acceptors (Lipinski definition) is 3. The Hall–Kier alpha value is -0.120. The van der Waals surface area contributed by atoms with E-state index in [2.05, 4.69) is 4.90 Å². The zero-order valence-electron chi connectivity index (χ0n) is 12.6. The van der Waals surface area contributed by atoms with E-state index in [1.165, 1.54) is 58.0 Å². The van der Waals surface area contributed by atoms with Crippen LogP contribution in [-0.2, 0) is 0 Å². The van der Waals surface area contributed by atoms with Gasteiger partial charge in [0.1, 0.15) is 0 Å². The Kier molecular flexibility index (Phi) is 5.67. The van der Waals surface area contributed by atoms with Gasteiger partial charge in [0, 0.05) is 11.6 Å². The molecule has 2 rings (SSSR count). The third-order valence-corrected chi connectivity index (χ3v) is 5.16. The molecule has 3 heteroatoms. The average Bonchev–Trinajstić information content (AvgIpc) is 2.44. The Morgan fingerprint density at radius 1 is 1.16 bits per heavy atom. The van der Waals surface area contributed by atoms with E-state index in [-0.39, 0.29) is 12.1 Å². The summed E-state index contributed by atoms with van der Waals surface area (Å²) in [7, 11) is 0. The predicted molar refractivity (Wildman–Crippen MR) is 80.1 cm³/mol. The summed E-state index contributed by atoms with van der Waals surface area (Å²) >= 11 is 0. The van der Waals surface area contributed by atoms with Crippen LogP contribution in [0.3, 0.4) is 0 Å². The van der Waals surface area contributed by atoms with Crippen LogP contribution >= 0.6 is 0 Å². The second-order valence-electron chi connectivity index (χ2n) is 7.06.